The fourth-order valence-electron chi connectivity index (χ4n) is 2.85. The molecule has 1 aromatic rings. The number of nitrogens with two attached hydrogens (primary N) is 1. The second-order valence-electron chi connectivity index (χ2n) is 5.37. The summed E-state index contributed by atoms with van der Waals surface area (Å²) in [6.07, 6.45) is 10.9. The SMILES string of the molecule is CCc1cc(C(NN)/C2=C/CCCCCC2)n(C)n1. The van der Waals surface area contributed by atoms with Crippen molar-refractivity contribution < 1.29 is 0 Å². The minimum absolute atomic E-state index is 0.107. The minimum atomic E-state index is 0.107. The first-order chi connectivity index (χ1) is 9.26. The van der Waals surface area contributed by atoms with Crippen LogP contribution in [0.15, 0.2) is 17.7 Å². The van der Waals surface area contributed by atoms with Gasteiger partial charge in [-0.05, 0) is 38.2 Å². The molecular formula is C15H26N4. The first kappa shape index (κ1) is 14.3. The van der Waals surface area contributed by atoms with Gasteiger partial charge in [0.15, 0.2) is 0 Å². The third kappa shape index (κ3) is 3.45. The van der Waals surface area contributed by atoms with Crippen molar-refractivity contribution in [3.63, 3.8) is 0 Å². The highest BCUT2D eigenvalue weighted by atomic mass is 15.3. The molecule has 0 fully saturated rings. The lowest BCUT2D eigenvalue weighted by molar-refractivity contribution is 0.525. The zero-order valence-electron chi connectivity index (χ0n) is 12.2. The Kier molecular flexibility index (Phi) is 5.16. The maximum absolute atomic E-state index is 5.81. The molecule has 1 aliphatic rings. The third-order valence-corrected chi connectivity index (χ3v) is 3.99. The molecule has 1 aromatic heterocycles. The molecule has 1 aliphatic carbocycles. The molecule has 2 rings (SSSR count). The Morgan fingerprint density at radius 1 is 1.37 bits per heavy atom. The quantitative estimate of drug-likeness (QED) is 0.498. The van der Waals surface area contributed by atoms with Crippen LogP contribution in [-0.2, 0) is 13.5 Å². The van der Waals surface area contributed by atoms with E-state index in [1.807, 2.05) is 11.7 Å². The van der Waals surface area contributed by atoms with E-state index in [0.717, 1.165) is 18.5 Å². The van der Waals surface area contributed by atoms with Crippen LogP contribution in [0.1, 0.15) is 62.9 Å². The summed E-state index contributed by atoms with van der Waals surface area (Å²) in [5.74, 6) is 5.81. The summed E-state index contributed by atoms with van der Waals surface area (Å²) in [5.41, 5.74) is 6.71. The number of aryl methyl sites for hydroxylation is 2. The summed E-state index contributed by atoms with van der Waals surface area (Å²) in [6, 6.07) is 2.28. The molecule has 1 atom stereocenters. The third-order valence-electron chi connectivity index (χ3n) is 3.99. The van der Waals surface area contributed by atoms with Crippen molar-refractivity contribution in [1.82, 2.24) is 15.2 Å². The molecular weight excluding hydrogens is 236 g/mol. The molecule has 3 N–H and O–H groups in total. The lowest BCUT2D eigenvalue weighted by atomic mass is 9.93. The van der Waals surface area contributed by atoms with E-state index in [0.29, 0.717) is 0 Å². The molecule has 0 radical (unpaired) electrons. The maximum atomic E-state index is 5.81. The van der Waals surface area contributed by atoms with Crippen LogP contribution < -0.4 is 11.3 Å². The molecule has 0 saturated heterocycles. The van der Waals surface area contributed by atoms with Gasteiger partial charge in [-0.2, -0.15) is 5.10 Å². The summed E-state index contributed by atoms with van der Waals surface area (Å²) < 4.78 is 1.96. The van der Waals surface area contributed by atoms with Gasteiger partial charge < -0.3 is 0 Å². The largest absolute Gasteiger partial charge is 0.271 e. The van der Waals surface area contributed by atoms with Crippen molar-refractivity contribution >= 4 is 0 Å². The Bertz CT molecular complexity index is 433. The number of aromatic nitrogens is 2. The normalized spacial score (nSPS) is 21.3. The fraction of sp³-hybridized carbons (Fsp3) is 0.667. The van der Waals surface area contributed by atoms with E-state index in [1.165, 1.54) is 43.4 Å². The van der Waals surface area contributed by atoms with Gasteiger partial charge in [-0.3, -0.25) is 10.5 Å². The number of hydrogen-bond donors (Lipinski definition) is 2. The van der Waals surface area contributed by atoms with Crippen molar-refractivity contribution in [2.75, 3.05) is 0 Å². The van der Waals surface area contributed by atoms with Gasteiger partial charge in [0.25, 0.3) is 0 Å². The van der Waals surface area contributed by atoms with E-state index in [1.54, 1.807) is 0 Å². The zero-order valence-corrected chi connectivity index (χ0v) is 12.2. The van der Waals surface area contributed by atoms with Gasteiger partial charge in [0.2, 0.25) is 0 Å². The van der Waals surface area contributed by atoms with Gasteiger partial charge in [-0.25, -0.2) is 5.43 Å². The molecule has 106 valence electrons. The highest BCUT2D eigenvalue weighted by Gasteiger charge is 2.19. The van der Waals surface area contributed by atoms with Crippen LogP contribution in [0.5, 0.6) is 0 Å². The highest BCUT2D eigenvalue weighted by molar-refractivity contribution is 5.25. The number of rotatable bonds is 4. The minimum Gasteiger partial charge on any atom is -0.271 e. The van der Waals surface area contributed by atoms with Crippen LogP contribution in [0.4, 0.5) is 0 Å². The highest BCUT2D eigenvalue weighted by Crippen LogP contribution is 2.28. The molecule has 0 bridgehead atoms. The van der Waals surface area contributed by atoms with Crippen LogP contribution in [0, 0.1) is 0 Å². The van der Waals surface area contributed by atoms with E-state index in [9.17, 15) is 0 Å². The summed E-state index contributed by atoms with van der Waals surface area (Å²) in [7, 11) is 2.00. The van der Waals surface area contributed by atoms with E-state index in [4.69, 9.17) is 5.84 Å². The number of hydrogen-bond acceptors (Lipinski definition) is 3. The molecule has 4 heteroatoms. The maximum Gasteiger partial charge on any atom is 0.0838 e. The van der Waals surface area contributed by atoms with Crippen LogP contribution in [0.25, 0.3) is 0 Å². The Morgan fingerprint density at radius 3 is 2.84 bits per heavy atom. The summed E-state index contributed by atoms with van der Waals surface area (Å²) >= 11 is 0. The lowest BCUT2D eigenvalue weighted by Gasteiger charge is -2.21. The zero-order chi connectivity index (χ0) is 13.7. The summed E-state index contributed by atoms with van der Waals surface area (Å²) in [6.45, 7) is 2.13. The molecule has 1 unspecified atom stereocenters. The topological polar surface area (TPSA) is 55.9 Å². The summed E-state index contributed by atoms with van der Waals surface area (Å²) in [4.78, 5) is 0. The molecule has 1 heterocycles. The van der Waals surface area contributed by atoms with Crippen LogP contribution in [0.3, 0.4) is 0 Å². The van der Waals surface area contributed by atoms with Gasteiger partial charge in [0.1, 0.15) is 0 Å². The fourth-order valence-corrected chi connectivity index (χ4v) is 2.85. The molecule has 0 aliphatic heterocycles. The van der Waals surface area contributed by atoms with Crippen LogP contribution >= 0.6 is 0 Å². The van der Waals surface area contributed by atoms with E-state index in [-0.39, 0.29) is 6.04 Å². The standard InChI is InChI=1S/C15H26N4/c1-3-13-11-14(19(2)18-13)15(17-16)12-9-7-5-4-6-8-10-12/h9,11,15,17H,3-8,10,16H2,1-2H3/b12-9+. The Hall–Kier alpha value is -1.13. The Balaban J connectivity index is 2.24. The van der Waals surface area contributed by atoms with Crippen LogP contribution in [0.2, 0.25) is 0 Å². The first-order valence-corrected chi connectivity index (χ1v) is 7.44. The van der Waals surface area contributed by atoms with Gasteiger partial charge in [-0.15, -0.1) is 0 Å². The number of hydrazine groups is 1. The van der Waals surface area contributed by atoms with Gasteiger partial charge in [0.05, 0.1) is 17.4 Å². The molecule has 0 aromatic carbocycles. The van der Waals surface area contributed by atoms with Crippen molar-refractivity contribution in [2.45, 2.75) is 57.9 Å². The van der Waals surface area contributed by atoms with Gasteiger partial charge >= 0.3 is 0 Å². The molecule has 0 spiro atoms. The monoisotopic (exact) mass is 262 g/mol. The van der Waals surface area contributed by atoms with Crippen molar-refractivity contribution in [3.8, 4) is 0 Å². The lowest BCUT2D eigenvalue weighted by Crippen LogP contribution is -2.31. The van der Waals surface area contributed by atoms with Gasteiger partial charge in [0, 0.05) is 7.05 Å². The predicted molar refractivity (Wildman–Crippen MR) is 78.4 cm³/mol. The van der Waals surface area contributed by atoms with E-state index < -0.39 is 0 Å². The van der Waals surface area contributed by atoms with Crippen molar-refractivity contribution in [1.29, 1.82) is 0 Å². The van der Waals surface area contributed by atoms with Crippen molar-refractivity contribution in [3.05, 3.63) is 29.1 Å². The smallest absolute Gasteiger partial charge is 0.0838 e. The average Bonchev–Trinajstić information content (AvgIpc) is 2.74. The first-order valence-electron chi connectivity index (χ1n) is 7.44. The van der Waals surface area contributed by atoms with Crippen LogP contribution in [-0.4, -0.2) is 9.78 Å². The number of nitrogens with zero attached hydrogens (tertiary/aromatic N) is 2. The van der Waals surface area contributed by atoms with E-state index in [2.05, 4.69) is 29.6 Å². The second kappa shape index (κ2) is 6.87. The average molecular weight is 262 g/mol. The van der Waals surface area contributed by atoms with Crippen molar-refractivity contribution in [2.24, 2.45) is 12.9 Å². The molecule has 4 nitrogen and oxygen atoms in total. The Labute approximate surface area is 116 Å². The summed E-state index contributed by atoms with van der Waals surface area (Å²) in [5, 5.41) is 4.53. The Morgan fingerprint density at radius 2 is 2.16 bits per heavy atom. The second-order valence-corrected chi connectivity index (χ2v) is 5.37. The molecule has 19 heavy (non-hydrogen) atoms. The molecule has 0 amide bonds. The number of allylic oxidation sites excluding steroid dienone is 1. The van der Waals surface area contributed by atoms with E-state index >= 15 is 0 Å². The molecule has 0 saturated carbocycles. The number of nitrogens with one attached hydrogen (secondary N) is 1. The van der Waals surface area contributed by atoms with Gasteiger partial charge in [-0.1, -0.05) is 31.4 Å². The predicted octanol–water partition coefficient (Wildman–Crippen LogP) is 2.77.